The average Bonchev–Trinajstić information content (AvgIpc) is 2.85. The number of thioether (sulfide) groups is 1. The Hall–Kier alpha value is -0.470. The lowest BCUT2D eigenvalue weighted by atomic mass is 10.0. The van der Waals surface area contributed by atoms with Gasteiger partial charge in [-0.2, -0.15) is 11.8 Å². The molecule has 1 nitrogen and oxygen atoms in total. The second-order valence-corrected chi connectivity index (χ2v) is 7.09. The predicted octanol–water partition coefficient (Wildman–Crippen LogP) is 4.71. The smallest absolute Gasteiger partial charge is 0.0320 e. The molecule has 1 aromatic carbocycles. The first-order valence-electron chi connectivity index (χ1n) is 7.68. The van der Waals surface area contributed by atoms with Gasteiger partial charge in [-0.25, -0.2) is 0 Å². The zero-order valence-corrected chi connectivity index (χ0v) is 13.3. The van der Waals surface area contributed by atoms with Crippen LogP contribution < -0.4 is 5.32 Å². The van der Waals surface area contributed by atoms with Crippen LogP contribution in [0.5, 0.6) is 0 Å². The van der Waals surface area contributed by atoms with Gasteiger partial charge in [-0.05, 0) is 37.5 Å². The quantitative estimate of drug-likeness (QED) is 0.808. The Kier molecular flexibility index (Phi) is 5.77. The van der Waals surface area contributed by atoms with Gasteiger partial charge in [0.15, 0.2) is 0 Å². The first-order chi connectivity index (χ1) is 9.24. The van der Waals surface area contributed by atoms with E-state index in [9.17, 15) is 0 Å². The molecular formula is C17H27NS. The highest BCUT2D eigenvalue weighted by atomic mass is 32.2. The summed E-state index contributed by atoms with van der Waals surface area (Å²) in [5.74, 6) is 1.24. The van der Waals surface area contributed by atoms with E-state index >= 15 is 0 Å². The van der Waals surface area contributed by atoms with Crippen LogP contribution in [0.25, 0.3) is 0 Å². The molecule has 3 atom stereocenters. The van der Waals surface area contributed by atoms with E-state index in [-0.39, 0.29) is 0 Å². The van der Waals surface area contributed by atoms with Crippen molar-refractivity contribution in [1.82, 2.24) is 5.32 Å². The van der Waals surface area contributed by atoms with E-state index in [0.29, 0.717) is 12.1 Å². The minimum atomic E-state index is 0.517. The van der Waals surface area contributed by atoms with Crippen LogP contribution in [0.4, 0.5) is 0 Å². The number of rotatable bonds is 6. The minimum absolute atomic E-state index is 0.517. The van der Waals surface area contributed by atoms with Crippen molar-refractivity contribution in [2.45, 2.75) is 63.8 Å². The summed E-state index contributed by atoms with van der Waals surface area (Å²) in [5, 5.41) is 4.74. The lowest BCUT2D eigenvalue weighted by Gasteiger charge is -2.26. The average molecular weight is 277 g/mol. The largest absolute Gasteiger partial charge is 0.306 e. The summed E-state index contributed by atoms with van der Waals surface area (Å²) in [6, 6.07) is 10.2. The van der Waals surface area contributed by atoms with Crippen LogP contribution in [-0.4, -0.2) is 17.0 Å². The van der Waals surface area contributed by atoms with Crippen molar-refractivity contribution < 1.29 is 0 Å². The van der Waals surface area contributed by atoms with Gasteiger partial charge in [-0.15, -0.1) is 0 Å². The third-order valence-corrected chi connectivity index (χ3v) is 5.46. The van der Waals surface area contributed by atoms with Gasteiger partial charge in [0, 0.05) is 17.3 Å². The van der Waals surface area contributed by atoms with Crippen LogP contribution in [0.3, 0.4) is 0 Å². The molecule has 1 aliphatic rings. The number of nitrogens with one attached hydrogen (secondary N) is 1. The molecule has 19 heavy (non-hydrogen) atoms. The Bertz CT molecular complexity index is 373. The van der Waals surface area contributed by atoms with Gasteiger partial charge in [0.05, 0.1) is 0 Å². The minimum Gasteiger partial charge on any atom is -0.306 e. The Morgan fingerprint density at radius 1 is 1.21 bits per heavy atom. The Morgan fingerprint density at radius 3 is 2.58 bits per heavy atom. The molecule has 0 aromatic heterocycles. The standard InChI is InChI=1S/C17H27NS/c1-4-15(14-11-9-13(3)10-12-14)18-16-7-6-8-17(16)19-5-2/h9-12,15-18H,4-8H2,1-3H3. The molecule has 106 valence electrons. The van der Waals surface area contributed by atoms with Crippen molar-refractivity contribution >= 4 is 11.8 Å². The summed E-state index contributed by atoms with van der Waals surface area (Å²) in [7, 11) is 0. The summed E-state index contributed by atoms with van der Waals surface area (Å²) >= 11 is 2.13. The fourth-order valence-electron chi connectivity index (χ4n) is 3.04. The normalized spacial score (nSPS) is 24.6. The number of hydrogen-bond acceptors (Lipinski definition) is 2. The van der Waals surface area contributed by atoms with Gasteiger partial charge in [0.25, 0.3) is 0 Å². The van der Waals surface area contributed by atoms with E-state index in [1.807, 2.05) is 0 Å². The highest BCUT2D eigenvalue weighted by Crippen LogP contribution is 2.32. The van der Waals surface area contributed by atoms with Gasteiger partial charge in [0.2, 0.25) is 0 Å². The monoisotopic (exact) mass is 277 g/mol. The van der Waals surface area contributed by atoms with Crippen molar-refractivity contribution in [3.8, 4) is 0 Å². The van der Waals surface area contributed by atoms with Crippen LogP contribution in [0.2, 0.25) is 0 Å². The summed E-state index contributed by atoms with van der Waals surface area (Å²) in [6.45, 7) is 6.72. The van der Waals surface area contributed by atoms with Crippen LogP contribution in [0.1, 0.15) is 56.7 Å². The molecule has 0 radical (unpaired) electrons. The maximum Gasteiger partial charge on any atom is 0.0320 e. The van der Waals surface area contributed by atoms with E-state index in [1.54, 1.807) is 0 Å². The molecule has 0 aliphatic heterocycles. The molecule has 2 heteroatoms. The van der Waals surface area contributed by atoms with Crippen LogP contribution in [0, 0.1) is 6.92 Å². The first kappa shape index (κ1) is 14.9. The van der Waals surface area contributed by atoms with Crippen LogP contribution in [0.15, 0.2) is 24.3 Å². The second-order valence-electron chi connectivity index (χ2n) is 5.57. The maximum absolute atomic E-state index is 3.92. The van der Waals surface area contributed by atoms with Crippen LogP contribution in [-0.2, 0) is 0 Å². The van der Waals surface area contributed by atoms with Crippen molar-refractivity contribution in [2.24, 2.45) is 0 Å². The molecule has 0 saturated heterocycles. The van der Waals surface area contributed by atoms with Crippen molar-refractivity contribution in [3.05, 3.63) is 35.4 Å². The van der Waals surface area contributed by atoms with Crippen molar-refractivity contribution in [3.63, 3.8) is 0 Å². The van der Waals surface area contributed by atoms with E-state index < -0.39 is 0 Å². The molecular weight excluding hydrogens is 250 g/mol. The van der Waals surface area contributed by atoms with Crippen molar-refractivity contribution in [1.29, 1.82) is 0 Å². The number of hydrogen-bond donors (Lipinski definition) is 1. The Morgan fingerprint density at radius 2 is 1.95 bits per heavy atom. The summed E-state index contributed by atoms with van der Waals surface area (Å²) in [4.78, 5) is 0. The topological polar surface area (TPSA) is 12.0 Å². The van der Waals surface area contributed by atoms with Gasteiger partial charge in [-0.1, -0.05) is 50.1 Å². The Labute approximate surface area is 122 Å². The van der Waals surface area contributed by atoms with Gasteiger partial charge in [-0.3, -0.25) is 0 Å². The van der Waals surface area contributed by atoms with E-state index in [1.165, 1.54) is 42.6 Å². The predicted molar refractivity (Wildman–Crippen MR) is 86.9 cm³/mol. The maximum atomic E-state index is 3.92. The van der Waals surface area contributed by atoms with E-state index in [0.717, 1.165) is 5.25 Å². The fraction of sp³-hybridized carbons (Fsp3) is 0.647. The molecule has 0 amide bonds. The molecule has 0 bridgehead atoms. The lowest BCUT2D eigenvalue weighted by Crippen LogP contribution is -2.37. The van der Waals surface area contributed by atoms with Gasteiger partial charge < -0.3 is 5.32 Å². The third kappa shape index (κ3) is 4.00. The van der Waals surface area contributed by atoms with E-state index in [4.69, 9.17) is 0 Å². The molecule has 3 unspecified atom stereocenters. The highest BCUT2D eigenvalue weighted by Gasteiger charge is 2.28. The summed E-state index contributed by atoms with van der Waals surface area (Å²) in [5.41, 5.74) is 2.79. The first-order valence-corrected chi connectivity index (χ1v) is 8.73. The number of aryl methyl sites for hydroxylation is 1. The third-order valence-electron chi connectivity index (χ3n) is 4.14. The molecule has 1 aromatic rings. The molecule has 1 aliphatic carbocycles. The van der Waals surface area contributed by atoms with Gasteiger partial charge in [0.1, 0.15) is 0 Å². The molecule has 0 heterocycles. The fourth-order valence-corrected chi connectivity index (χ4v) is 4.25. The molecule has 0 spiro atoms. The SMILES string of the molecule is CCSC1CCCC1NC(CC)c1ccc(C)cc1. The highest BCUT2D eigenvalue weighted by molar-refractivity contribution is 7.99. The zero-order chi connectivity index (χ0) is 13.7. The van der Waals surface area contributed by atoms with Crippen LogP contribution >= 0.6 is 11.8 Å². The zero-order valence-electron chi connectivity index (χ0n) is 12.5. The molecule has 1 fully saturated rings. The van der Waals surface area contributed by atoms with Crippen molar-refractivity contribution in [2.75, 3.05) is 5.75 Å². The lowest BCUT2D eigenvalue weighted by molar-refractivity contribution is 0.435. The number of benzene rings is 1. The van der Waals surface area contributed by atoms with E-state index in [2.05, 4.69) is 62.1 Å². The van der Waals surface area contributed by atoms with Gasteiger partial charge >= 0.3 is 0 Å². The molecule has 2 rings (SSSR count). The molecule has 1 saturated carbocycles. The summed E-state index contributed by atoms with van der Waals surface area (Å²) < 4.78 is 0. The second kappa shape index (κ2) is 7.35. The Balaban J connectivity index is 2.00. The summed E-state index contributed by atoms with van der Waals surface area (Å²) in [6.07, 6.45) is 5.29. The molecule has 1 N–H and O–H groups in total.